The van der Waals surface area contributed by atoms with Crippen LogP contribution in [0.3, 0.4) is 0 Å². The van der Waals surface area contributed by atoms with Gasteiger partial charge < -0.3 is 10.2 Å². The third-order valence-electron chi connectivity index (χ3n) is 3.35. The molecule has 1 heterocycles. The first-order valence-corrected chi connectivity index (χ1v) is 7.84. The molecule has 0 aromatic carbocycles. The molecule has 1 rings (SSSR count). The molecule has 1 fully saturated rings. The zero-order chi connectivity index (χ0) is 12.2. The third kappa shape index (κ3) is 4.80. The summed E-state index contributed by atoms with van der Waals surface area (Å²) in [6, 6.07) is 0. The summed E-state index contributed by atoms with van der Waals surface area (Å²) in [4.78, 5) is 2.22. The third-order valence-corrected chi connectivity index (χ3v) is 4.96. The Balaban J connectivity index is 2.21. The highest BCUT2D eigenvalue weighted by molar-refractivity contribution is 7.91. The quantitative estimate of drug-likeness (QED) is 0.769. The summed E-state index contributed by atoms with van der Waals surface area (Å²) in [6.07, 6.45) is 1.10. The molecule has 4 nitrogen and oxygen atoms in total. The normalized spacial score (nSPS) is 22.2. The molecule has 0 aliphatic carbocycles. The summed E-state index contributed by atoms with van der Waals surface area (Å²) >= 11 is 0. The highest BCUT2D eigenvalue weighted by Crippen LogP contribution is 2.07. The van der Waals surface area contributed by atoms with Crippen molar-refractivity contribution in [2.75, 3.05) is 37.7 Å². The predicted octanol–water partition coefficient (Wildman–Crippen LogP) is 0.495. The van der Waals surface area contributed by atoms with Crippen LogP contribution in [0.5, 0.6) is 0 Å². The van der Waals surface area contributed by atoms with E-state index in [-0.39, 0.29) is 5.54 Å². The van der Waals surface area contributed by atoms with Crippen LogP contribution in [0.2, 0.25) is 0 Å². The molecule has 0 amide bonds. The molecule has 0 saturated carbocycles. The Morgan fingerprint density at radius 2 is 1.81 bits per heavy atom. The van der Waals surface area contributed by atoms with Gasteiger partial charge >= 0.3 is 0 Å². The average Bonchev–Trinajstić information content (AvgIpc) is 2.20. The van der Waals surface area contributed by atoms with E-state index in [1.807, 2.05) is 0 Å². The van der Waals surface area contributed by atoms with E-state index in [9.17, 15) is 8.42 Å². The Morgan fingerprint density at radius 3 is 2.31 bits per heavy atom. The number of hydrogen-bond donors (Lipinski definition) is 1. The summed E-state index contributed by atoms with van der Waals surface area (Å²) in [5.74, 6) is 0.647. The van der Waals surface area contributed by atoms with Crippen LogP contribution in [0.25, 0.3) is 0 Å². The van der Waals surface area contributed by atoms with Gasteiger partial charge in [-0.05, 0) is 20.3 Å². The van der Waals surface area contributed by atoms with E-state index in [1.165, 1.54) is 0 Å². The van der Waals surface area contributed by atoms with Crippen molar-refractivity contribution in [2.24, 2.45) is 0 Å². The molecule has 0 spiro atoms. The topological polar surface area (TPSA) is 49.4 Å². The summed E-state index contributed by atoms with van der Waals surface area (Å²) < 4.78 is 22.5. The summed E-state index contributed by atoms with van der Waals surface area (Å²) in [7, 11) is -2.74. The van der Waals surface area contributed by atoms with E-state index in [1.54, 1.807) is 0 Å². The van der Waals surface area contributed by atoms with Gasteiger partial charge in [-0.2, -0.15) is 0 Å². The molecule has 16 heavy (non-hydrogen) atoms. The fourth-order valence-corrected chi connectivity index (χ4v) is 2.93. The van der Waals surface area contributed by atoms with Crippen molar-refractivity contribution >= 4 is 9.84 Å². The summed E-state index contributed by atoms with van der Waals surface area (Å²) in [6.45, 7) is 9.80. The second kappa shape index (κ2) is 5.47. The minimum absolute atomic E-state index is 0.182. The first-order valence-electron chi connectivity index (χ1n) is 6.02. The number of nitrogens with one attached hydrogen (secondary N) is 1. The maximum atomic E-state index is 11.2. The van der Waals surface area contributed by atoms with Crippen LogP contribution < -0.4 is 5.32 Å². The van der Waals surface area contributed by atoms with Gasteiger partial charge in [0.2, 0.25) is 0 Å². The van der Waals surface area contributed by atoms with Crippen LogP contribution in [-0.4, -0.2) is 56.5 Å². The maximum Gasteiger partial charge on any atom is 0.152 e. The van der Waals surface area contributed by atoms with Gasteiger partial charge in [0.1, 0.15) is 0 Å². The molecule has 1 saturated heterocycles. The Labute approximate surface area is 99.3 Å². The van der Waals surface area contributed by atoms with E-state index in [0.717, 1.165) is 19.5 Å². The molecule has 5 heteroatoms. The van der Waals surface area contributed by atoms with Gasteiger partial charge in [0.15, 0.2) is 9.84 Å². The maximum absolute atomic E-state index is 11.2. The molecule has 0 unspecified atom stereocenters. The molecule has 1 aliphatic heterocycles. The van der Waals surface area contributed by atoms with Gasteiger partial charge in [-0.1, -0.05) is 6.92 Å². The van der Waals surface area contributed by atoms with Crippen LogP contribution in [0, 0.1) is 0 Å². The lowest BCUT2D eigenvalue weighted by molar-refractivity contribution is 0.272. The number of sulfone groups is 1. The average molecular weight is 248 g/mol. The summed E-state index contributed by atoms with van der Waals surface area (Å²) in [5.41, 5.74) is 0.182. The van der Waals surface area contributed by atoms with Crippen molar-refractivity contribution in [3.05, 3.63) is 0 Å². The van der Waals surface area contributed by atoms with Crippen LogP contribution >= 0.6 is 0 Å². The van der Waals surface area contributed by atoms with Crippen molar-refractivity contribution < 1.29 is 8.42 Å². The standard InChI is InChI=1S/C11H24N2O2S/c1-4-11(2,3)12-5-6-13-7-9-16(14,15)10-8-13/h12H,4-10H2,1-3H3. The highest BCUT2D eigenvalue weighted by atomic mass is 32.2. The fourth-order valence-electron chi connectivity index (χ4n) is 1.65. The van der Waals surface area contributed by atoms with Crippen molar-refractivity contribution in [3.63, 3.8) is 0 Å². The number of hydrogen-bond acceptors (Lipinski definition) is 4. The lowest BCUT2D eigenvalue weighted by Gasteiger charge is -2.29. The van der Waals surface area contributed by atoms with Crippen LogP contribution in [0.1, 0.15) is 27.2 Å². The minimum atomic E-state index is -2.74. The van der Waals surface area contributed by atoms with Crippen LogP contribution in [0.4, 0.5) is 0 Å². The highest BCUT2D eigenvalue weighted by Gasteiger charge is 2.21. The van der Waals surface area contributed by atoms with Crippen molar-refractivity contribution in [1.29, 1.82) is 0 Å². The molecular weight excluding hydrogens is 224 g/mol. The summed E-state index contributed by atoms with van der Waals surface area (Å²) in [5, 5.41) is 3.49. The molecule has 0 atom stereocenters. The van der Waals surface area contributed by atoms with Gasteiger partial charge in [-0.25, -0.2) is 8.42 Å². The Morgan fingerprint density at radius 1 is 1.25 bits per heavy atom. The monoisotopic (exact) mass is 248 g/mol. The molecule has 0 aromatic rings. The zero-order valence-corrected chi connectivity index (χ0v) is 11.4. The van der Waals surface area contributed by atoms with Gasteiger partial charge in [0, 0.05) is 31.7 Å². The molecule has 1 aliphatic rings. The van der Waals surface area contributed by atoms with Crippen LogP contribution in [0.15, 0.2) is 0 Å². The Bertz CT molecular complexity index is 298. The number of nitrogens with zero attached hydrogens (tertiary/aromatic N) is 1. The largest absolute Gasteiger partial charge is 0.311 e. The second-order valence-electron chi connectivity index (χ2n) is 5.16. The SMILES string of the molecule is CCC(C)(C)NCCN1CCS(=O)(=O)CC1. The molecule has 96 valence electrons. The number of rotatable bonds is 5. The van der Waals surface area contributed by atoms with E-state index in [4.69, 9.17) is 0 Å². The lowest BCUT2D eigenvalue weighted by Crippen LogP contribution is -2.46. The molecule has 0 aromatic heterocycles. The Kier molecular flexibility index (Phi) is 4.76. The molecular formula is C11H24N2O2S. The fraction of sp³-hybridized carbons (Fsp3) is 1.00. The van der Waals surface area contributed by atoms with E-state index >= 15 is 0 Å². The second-order valence-corrected chi connectivity index (χ2v) is 7.46. The molecule has 0 radical (unpaired) electrons. The Hall–Kier alpha value is -0.130. The van der Waals surface area contributed by atoms with E-state index < -0.39 is 9.84 Å². The van der Waals surface area contributed by atoms with E-state index in [0.29, 0.717) is 24.6 Å². The minimum Gasteiger partial charge on any atom is -0.311 e. The van der Waals surface area contributed by atoms with Crippen LogP contribution in [-0.2, 0) is 9.84 Å². The first-order chi connectivity index (χ1) is 7.35. The first kappa shape index (κ1) is 13.9. The van der Waals surface area contributed by atoms with Crippen molar-refractivity contribution in [1.82, 2.24) is 10.2 Å². The molecule has 0 bridgehead atoms. The van der Waals surface area contributed by atoms with Gasteiger partial charge in [-0.3, -0.25) is 0 Å². The van der Waals surface area contributed by atoms with Crippen molar-refractivity contribution in [3.8, 4) is 0 Å². The van der Waals surface area contributed by atoms with Gasteiger partial charge in [-0.15, -0.1) is 0 Å². The predicted molar refractivity (Wildman–Crippen MR) is 67.5 cm³/mol. The van der Waals surface area contributed by atoms with E-state index in [2.05, 4.69) is 31.0 Å². The lowest BCUT2D eigenvalue weighted by atomic mass is 10.0. The zero-order valence-electron chi connectivity index (χ0n) is 10.6. The van der Waals surface area contributed by atoms with Gasteiger partial charge in [0.05, 0.1) is 11.5 Å². The molecule has 1 N–H and O–H groups in total. The van der Waals surface area contributed by atoms with Gasteiger partial charge in [0.25, 0.3) is 0 Å². The smallest absolute Gasteiger partial charge is 0.152 e. The van der Waals surface area contributed by atoms with Crippen molar-refractivity contribution in [2.45, 2.75) is 32.7 Å².